The molecule has 0 saturated heterocycles. The van der Waals surface area contributed by atoms with Crippen LogP contribution in [0.4, 0.5) is 4.79 Å². The van der Waals surface area contributed by atoms with Crippen molar-refractivity contribution in [3.8, 4) is 0 Å². The number of hydrogen-bond acceptors (Lipinski definition) is 3. The number of aromatic nitrogens is 1. The van der Waals surface area contributed by atoms with E-state index in [1.165, 1.54) is 0 Å². The van der Waals surface area contributed by atoms with Crippen LogP contribution >= 0.6 is 0 Å². The van der Waals surface area contributed by atoms with Gasteiger partial charge in [0.1, 0.15) is 6.04 Å². The molecule has 1 atom stereocenters. The molecule has 3 N–H and O–H groups in total. The van der Waals surface area contributed by atoms with E-state index in [1.807, 2.05) is 51.2 Å². The molecular formula is C18H25N3O3. The first-order valence-corrected chi connectivity index (χ1v) is 8.27. The van der Waals surface area contributed by atoms with Crippen LogP contribution in [0, 0.1) is 5.92 Å². The van der Waals surface area contributed by atoms with Gasteiger partial charge in [0, 0.05) is 30.1 Å². The van der Waals surface area contributed by atoms with Gasteiger partial charge in [-0.25, -0.2) is 4.79 Å². The Balaban J connectivity index is 2.11. The molecule has 2 rings (SSSR count). The molecule has 0 bridgehead atoms. The Kier molecular flexibility index (Phi) is 6.23. The Morgan fingerprint density at radius 3 is 2.71 bits per heavy atom. The summed E-state index contributed by atoms with van der Waals surface area (Å²) in [7, 11) is 0. The number of H-pyrrole nitrogens is 1. The van der Waals surface area contributed by atoms with Gasteiger partial charge in [0.25, 0.3) is 0 Å². The van der Waals surface area contributed by atoms with Crippen molar-refractivity contribution in [2.45, 2.75) is 33.2 Å². The molecule has 0 saturated carbocycles. The number of likely N-dealkylation sites (N-methyl/N-ethyl adjacent to an activating group) is 1. The van der Waals surface area contributed by atoms with Crippen LogP contribution in [0.25, 0.3) is 10.9 Å². The lowest BCUT2D eigenvalue weighted by atomic mass is 10.0. The van der Waals surface area contributed by atoms with Crippen LogP contribution in [-0.2, 0) is 16.0 Å². The fourth-order valence-corrected chi connectivity index (χ4v) is 2.45. The number of hydrogen-bond donors (Lipinski definition) is 3. The fourth-order valence-electron chi connectivity index (χ4n) is 2.45. The standard InChI is InChI=1S/C18H25N3O3/c1-4-19-17(22)16(21-18(23)24-11-12(2)3)9-13-10-20-15-8-6-5-7-14(13)15/h5-8,10,12,16,20H,4,9,11H2,1-3H3,(H,19,22)(H,21,23). The minimum absolute atomic E-state index is 0.218. The van der Waals surface area contributed by atoms with E-state index in [-0.39, 0.29) is 11.8 Å². The molecule has 1 heterocycles. The van der Waals surface area contributed by atoms with Crippen molar-refractivity contribution in [2.24, 2.45) is 5.92 Å². The average Bonchev–Trinajstić information content (AvgIpc) is 2.96. The normalized spacial score (nSPS) is 12.2. The molecule has 2 aromatic rings. The number of para-hydroxylation sites is 1. The van der Waals surface area contributed by atoms with E-state index >= 15 is 0 Å². The first-order valence-electron chi connectivity index (χ1n) is 8.27. The van der Waals surface area contributed by atoms with E-state index in [0.29, 0.717) is 19.6 Å². The van der Waals surface area contributed by atoms with Crippen LogP contribution in [0.2, 0.25) is 0 Å². The summed E-state index contributed by atoms with van der Waals surface area (Å²) in [6, 6.07) is 7.19. The summed E-state index contributed by atoms with van der Waals surface area (Å²) in [6.45, 7) is 6.59. The predicted molar refractivity (Wildman–Crippen MR) is 93.8 cm³/mol. The zero-order chi connectivity index (χ0) is 17.5. The number of aromatic amines is 1. The van der Waals surface area contributed by atoms with Crippen LogP contribution < -0.4 is 10.6 Å². The number of fused-ring (bicyclic) bond motifs is 1. The Labute approximate surface area is 142 Å². The monoisotopic (exact) mass is 331 g/mol. The second-order valence-corrected chi connectivity index (χ2v) is 6.15. The van der Waals surface area contributed by atoms with Gasteiger partial charge in [-0.3, -0.25) is 4.79 Å². The highest BCUT2D eigenvalue weighted by Gasteiger charge is 2.22. The number of amides is 2. The van der Waals surface area contributed by atoms with Crippen LogP contribution in [0.5, 0.6) is 0 Å². The van der Waals surface area contributed by atoms with Gasteiger partial charge in [0.15, 0.2) is 0 Å². The number of carbonyl (C=O) groups is 2. The average molecular weight is 331 g/mol. The summed E-state index contributed by atoms with van der Waals surface area (Å²) in [5.41, 5.74) is 1.98. The molecule has 6 nitrogen and oxygen atoms in total. The SMILES string of the molecule is CCNC(=O)C(Cc1c[nH]c2ccccc12)NC(=O)OCC(C)C. The number of benzene rings is 1. The largest absolute Gasteiger partial charge is 0.449 e. The Hall–Kier alpha value is -2.50. The van der Waals surface area contributed by atoms with Crippen molar-refractivity contribution in [1.29, 1.82) is 0 Å². The van der Waals surface area contributed by atoms with E-state index in [9.17, 15) is 9.59 Å². The molecule has 24 heavy (non-hydrogen) atoms. The first kappa shape index (κ1) is 17.8. The van der Waals surface area contributed by atoms with Gasteiger partial charge in [0.2, 0.25) is 5.91 Å². The molecule has 6 heteroatoms. The van der Waals surface area contributed by atoms with Crippen molar-refractivity contribution in [2.75, 3.05) is 13.2 Å². The zero-order valence-electron chi connectivity index (χ0n) is 14.4. The lowest BCUT2D eigenvalue weighted by molar-refractivity contribution is -0.122. The molecule has 2 amide bonds. The highest BCUT2D eigenvalue weighted by Crippen LogP contribution is 2.19. The quantitative estimate of drug-likeness (QED) is 0.729. The third kappa shape index (κ3) is 4.75. The maximum absolute atomic E-state index is 12.3. The second-order valence-electron chi connectivity index (χ2n) is 6.15. The third-order valence-corrected chi connectivity index (χ3v) is 3.61. The van der Waals surface area contributed by atoms with Crippen LogP contribution in [0.3, 0.4) is 0 Å². The van der Waals surface area contributed by atoms with Crippen molar-refractivity contribution in [3.63, 3.8) is 0 Å². The van der Waals surface area contributed by atoms with Gasteiger partial charge < -0.3 is 20.4 Å². The Bertz CT molecular complexity index is 694. The second kappa shape index (κ2) is 8.38. The molecule has 130 valence electrons. The highest BCUT2D eigenvalue weighted by atomic mass is 16.5. The molecule has 0 spiro atoms. The van der Waals surface area contributed by atoms with E-state index in [1.54, 1.807) is 0 Å². The van der Waals surface area contributed by atoms with Gasteiger partial charge in [-0.15, -0.1) is 0 Å². The molecule has 1 aromatic heterocycles. The fraction of sp³-hybridized carbons (Fsp3) is 0.444. The predicted octanol–water partition coefficient (Wildman–Crippen LogP) is 2.60. The summed E-state index contributed by atoms with van der Waals surface area (Å²) in [6.07, 6.45) is 1.70. The summed E-state index contributed by atoms with van der Waals surface area (Å²) in [5, 5.41) is 6.48. The number of alkyl carbamates (subject to hydrolysis) is 1. The smallest absolute Gasteiger partial charge is 0.407 e. The van der Waals surface area contributed by atoms with Crippen molar-refractivity contribution < 1.29 is 14.3 Å². The Morgan fingerprint density at radius 1 is 1.25 bits per heavy atom. The maximum Gasteiger partial charge on any atom is 0.407 e. The van der Waals surface area contributed by atoms with Crippen LogP contribution in [0.15, 0.2) is 30.5 Å². The topological polar surface area (TPSA) is 83.2 Å². The lowest BCUT2D eigenvalue weighted by Crippen LogP contribution is -2.48. The number of rotatable bonds is 7. The highest BCUT2D eigenvalue weighted by molar-refractivity contribution is 5.88. The third-order valence-electron chi connectivity index (χ3n) is 3.61. The first-order chi connectivity index (χ1) is 11.5. The molecular weight excluding hydrogens is 306 g/mol. The molecule has 0 aliphatic carbocycles. The minimum Gasteiger partial charge on any atom is -0.449 e. The molecule has 0 aliphatic heterocycles. The number of ether oxygens (including phenoxy) is 1. The maximum atomic E-state index is 12.3. The summed E-state index contributed by atoms with van der Waals surface area (Å²) in [5.74, 6) is 0.0246. The van der Waals surface area contributed by atoms with Crippen molar-refractivity contribution in [1.82, 2.24) is 15.6 Å². The van der Waals surface area contributed by atoms with E-state index < -0.39 is 12.1 Å². The van der Waals surface area contributed by atoms with E-state index in [2.05, 4.69) is 15.6 Å². The lowest BCUT2D eigenvalue weighted by Gasteiger charge is -2.18. The van der Waals surface area contributed by atoms with Gasteiger partial charge in [-0.2, -0.15) is 0 Å². The van der Waals surface area contributed by atoms with Gasteiger partial charge in [-0.05, 0) is 24.5 Å². The van der Waals surface area contributed by atoms with Gasteiger partial charge in [0.05, 0.1) is 6.61 Å². The summed E-state index contributed by atoms with van der Waals surface area (Å²) < 4.78 is 5.13. The Morgan fingerprint density at radius 2 is 2.00 bits per heavy atom. The van der Waals surface area contributed by atoms with Gasteiger partial charge >= 0.3 is 6.09 Å². The zero-order valence-corrected chi connectivity index (χ0v) is 14.4. The van der Waals surface area contributed by atoms with Crippen molar-refractivity contribution >= 4 is 22.9 Å². The van der Waals surface area contributed by atoms with Gasteiger partial charge in [-0.1, -0.05) is 32.0 Å². The van der Waals surface area contributed by atoms with Crippen molar-refractivity contribution in [3.05, 3.63) is 36.0 Å². The van der Waals surface area contributed by atoms with E-state index in [0.717, 1.165) is 16.5 Å². The summed E-state index contributed by atoms with van der Waals surface area (Å²) >= 11 is 0. The minimum atomic E-state index is -0.677. The van der Waals surface area contributed by atoms with Crippen LogP contribution in [-0.4, -0.2) is 36.2 Å². The molecule has 0 aliphatic rings. The molecule has 0 radical (unpaired) electrons. The van der Waals surface area contributed by atoms with E-state index in [4.69, 9.17) is 4.74 Å². The molecule has 1 aromatic carbocycles. The number of carbonyl (C=O) groups excluding carboxylic acids is 2. The summed E-state index contributed by atoms with van der Waals surface area (Å²) in [4.78, 5) is 27.4. The van der Waals surface area contributed by atoms with Crippen LogP contribution in [0.1, 0.15) is 26.3 Å². The number of nitrogens with one attached hydrogen (secondary N) is 3. The molecule has 1 unspecified atom stereocenters. The molecule has 0 fully saturated rings.